The highest BCUT2D eigenvalue weighted by atomic mass is 16.7. The van der Waals surface area contributed by atoms with E-state index in [1.165, 1.54) is 6.07 Å². The van der Waals surface area contributed by atoms with Crippen molar-refractivity contribution in [2.75, 3.05) is 12.5 Å². The SMILES string of the molecule is NC(=O)c1ccc2c(c1N)OCO2. The fourth-order valence-electron chi connectivity index (χ4n) is 1.21. The Labute approximate surface area is 74.2 Å². The van der Waals surface area contributed by atoms with E-state index < -0.39 is 5.91 Å². The molecular weight excluding hydrogens is 172 g/mol. The van der Waals surface area contributed by atoms with Gasteiger partial charge in [-0.05, 0) is 12.1 Å². The first-order chi connectivity index (χ1) is 6.20. The van der Waals surface area contributed by atoms with Gasteiger partial charge in [-0.1, -0.05) is 0 Å². The van der Waals surface area contributed by atoms with E-state index in [4.69, 9.17) is 20.9 Å². The first kappa shape index (κ1) is 7.72. The lowest BCUT2D eigenvalue weighted by Gasteiger charge is -2.04. The number of rotatable bonds is 1. The zero-order valence-electron chi connectivity index (χ0n) is 6.74. The lowest BCUT2D eigenvalue weighted by molar-refractivity contribution is 0.100. The van der Waals surface area contributed by atoms with Crippen LogP contribution >= 0.6 is 0 Å². The second-order valence-electron chi connectivity index (χ2n) is 2.62. The topological polar surface area (TPSA) is 87.6 Å². The molecule has 0 aliphatic carbocycles. The summed E-state index contributed by atoms with van der Waals surface area (Å²) in [5.41, 5.74) is 11.2. The molecule has 0 bridgehead atoms. The molecule has 2 rings (SSSR count). The quantitative estimate of drug-likeness (QED) is 0.600. The average Bonchev–Trinajstić information content (AvgIpc) is 2.52. The Morgan fingerprint density at radius 3 is 2.85 bits per heavy atom. The van der Waals surface area contributed by atoms with Gasteiger partial charge in [0.2, 0.25) is 6.79 Å². The second kappa shape index (κ2) is 2.55. The van der Waals surface area contributed by atoms with Crippen LogP contribution in [0.3, 0.4) is 0 Å². The van der Waals surface area contributed by atoms with Crippen LogP contribution in [0.4, 0.5) is 5.69 Å². The summed E-state index contributed by atoms with van der Waals surface area (Å²) in [7, 11) is 0. The largest absolute Gasteiger partial charge is 0.454 e. The fraction of sp³-hybridized carbons (Fsp3) is 0.125. The van der Waals surface area contributed by atoms with E-state index in [9.17, 15) is 4.79 Å². The van der Waals surface area contributed by atoms with Crippen LogP contribution < -0.4 is 20.9 Å². The number of hydrogen-bond acceptors (Lipinski definition) is 4. The molecule has 0 aromatic heterocycles. The number of primary amides is 1. The Kier molecular flexibility index (Phi) is 1.51. The van der Waals surface area contributed by atoms with Gasteiger partial charge in [0, 0.05) is 0 Å². The van der Waals surface area contributed by atoms with Crippen molar-refractivity contribution < 1.29 is 14.3 Å². The zero-order valence-corrected chi connectivity index (χ0v) is 6.74. The fourth-order valence-corrected chi connectivity index (χ4v) is 1.21. The predicted molar refractivity (Wildman–Crippen MR) is 45.5 cm³/mol. The Balaban J connectivity index is 2.59. The van der Waals surface area contributed by atoms with E-state index in [0.717, 1.165) is 0 Å². The minimum absolute atomic E-state index is 0.127. The first-order valence-corrected chi connectivity index (χ1v) is 3.68. The van der Waals surface area contributed by atoms with Crippen molar-refractivity contribution in [3.8, 4) is 11.5 Å². The van der Waals surface area contributed by atoms with Crippen LogP contribution in [0.1, 0.15) is 10.4 Å². The lowest BCUT2D eigenvalue weighted by Crippen LogP contribution is -2.13. The summed E-state index contributed by atoms with van der Waals surface area (Å²) in [6.45, 7) is 0.127. The van der Waals surface area contributed by atoms with E-state index in [1.807, 2.05) is 0 Å². The average molecular weight is 180 g/mol. The Bertz CT molecular complexity index is 376. The molecule has 1 aliphatic heterocycles. The second-order valence-corrected chi connectivity index (χ2v) is 2.62. The van der Waals surface area contributed by atoms with Gasteiger partial charge >= 0.3 is 0 Å². The van der Waals surface area contributed by atoms with Crippen LogP contribution in [0.25, 0.3) is 0 Å². The maximum atomic E-state index is 10.9. The molecule has 0 saturated heterocycles. The number of nitrogen functional groups attached to an aromatic ring is 1. The first-order valence-electron chi connectivity index (χ1n) is 3.68. The third-order valence-corrected chi connectivity index (χ3v) is 1.84. The molecule has 0 atom stereocenters. The normalized spacial score (nSPS) is 12.9. The number of fused-ring (bicyclic) bond motifs is 1. The van der Waals surface area contributed by atoms with Gasteiger partial charge in [-0.25, -0.2) is 0 Å². The molecule has 4 N–H and O–H groups in total. The van der Waals surface area contributed by atoms with E-state index in [0.29, 0.717) is 11.5 Å². The predicted octanol–water partition coefficient (Wildman–Crippen LogP) is 0.0964. The number of anilines is 1. The summed E-state index contributed by atoms with van der Waals surface area (Å²) in [5, 5.41) is 0. The molecular formula is C8H8N2O3. The zero-order chi connectivity index (χ0) is 9.42. The number of carbonyl (C=O) groups excluding carboxylic acids is 1. The van der Waals surface area contributed by atoms with Crippen LogP contribution in [0, 0.1) is 0 Å². The summed E-state index contributed by atoms with van der Waals surface area (Å²) in [5.74, 6) is 0.370. The summed E-state index contributed by atoms with van der Waals surface area (Å²) in [4.78, 5) is 10.9. The van der Waals surface area contributed by atoms with Crippen LogP contribution in [0.2, 0.25) is 0 Å². The molecule has 1 amide bonds. The van der Waals surface area contributed by atoms with Crippen molar-refractivity contribution in [3.05, 3.63) is 17.7 Å². The highest BCUT2D eigenvalue weighted by molar-refractivity contribution is 6.00. The highest BCUT2D eigenvalue weighted by Crippen LogP contribution is 2.39. The third-order valence-electron chi connectivity index (χ3n) is 1.84. The van der Waals surface area contributed by atoms with Crippen molar-refractivity contribution in [2.24, 2.45) is 5.73 Å². The summed E-state index contributed by atoms with van der Waals surface area (Å²) >= 11 is 0. The molecule has 1 aromatic carbocycles. The molecule has 0 unspecified atom stereocenters. The minimum Gasteiger partial charge on any atom is -0.454 e. The molecule has 0 radical (unpaired) electrons. The van der Waals surface area contributed by atoms with Crippen molar-refractivity contribution >= 4 is 11.6 Å². The van der Waals surface area contributed by atoms with Crippen LogP contribution in [0.15, 0.2) is 12.1 Å². The molecule has 5 nitrogen and oxygen atoms in total. The number of carbonyl (C=O) groups is 1. The molecule has 1 aliphatic rings. The number of nitrogens with two attached hydrogens (primary N) is 2. The molecule has 0 spiro atoms. The molecule has 5 heteroatoms. The Morgan fingerprint density at radius 1 is 1.38 bits per heavy atom. The van der Waals surface area contributed by atoms with Crippen molar-refractivity contribution in [1.82, 2.24) is 0 Å². The molecule has 68 valence electrons. The Morgan fingerprint density at radius 2 is 2.15 bits per heavy atom. The number of hydrogen-bond donors (Lipinski definition) is 2. The minimum atomic E-state index is -0.573. The van der Waals surface area contributed by atoms with E-state index >= 15 is 0 Å². The maximum absolute atomic E-state index is 10.9. The van der Waals surface area contributed by atoms with Gasteiger partial charge in [0.05, 0.1) is 11.3 Å². The Hall–Kier alpha value is -1.91. The van der Waals surface area contributed by atoms with Gasteiger partial charge in [0.25, 0.3) is 5.91 Å². The van der Waals surface area contributed by atoms with Gasteiger partial charge in [-0.2, -0.15) is 0 Å². The van der Waals surface area contributed by atoms with Gasteiger partial charge < -0.3 is 20.9 Å². The van der Waals surface area contributed by atoms with Crippen LogP contribution in [-0.2, 0) is 0 Å². The van der Waals surface area contributed by atoms with E-state index in [-0.39, 0.29) is 18.0 Å². The number of benzene rings is 1. The smallest absolute Gasteiger partial charge is 0.250 e. The third kappa shape index (κ3) is 1.05. The molecule has 0 fully saturated rings. The van der Waals surface area contributed by atoms with Gasteiger partial charge in [0.1, 0.15) is 0 Å². The lowest BCUT2D eigenvalue weighted by atomic mass is 10.1. The van der Waals surface area contributed by atoms with Gasteiger partial charge in [-0.3, -0.25) is 4.79 Å². The van der Waals surface area contributed by atoms with Gasteiger partial charge in [0.15, 0.2) is 11.5 Å². The number of ether oxygens (including phenoxy) is 2. The van der Waals surface area contributed by atoms with Crippen LogP contribution in [0.5, 0.6) is 11.5 Å². The summed E-state index contributed by atoms with van der Waals surface area (Å²) in [6.07, 6.45) is 0. The molecule has 1 heterocycles. The van der Waals surface area contributed by atoms with Gasteiger partial charge in [-0.15, -0.1) is 0 Å². The monoisotopic (exact) mass is 180 g/mol. The highest BCUT2D eigenvalue weighted by Gasteiger charge is 2.20. The maximum Gasteiger partial charge on any atom is 0.250 e. The summed E-state index contributed by atoms with van der Waals surface area (Å²) in [6, 6.07) is 3.13. The standard InChI is InChI=1S/C8H8N2O3/c9-6-4(8(10)11)1-2-5-7(6)13-3-12-5/h1-2H,3,9H2,(H2,10,11). The molecule has 0 saturated carbocycles. The van der Waals surface area contributed by atoms with Crippen molar-refractivity contribution in [2.45, 2.75) is 0 Å². The van der Waals surface area contributed by atoms with Crippen LogP contribution in [-0.4, -0.2) is 12.7 Å². The van der Waals surface area contributed by atoms with Crippen molar-refractivity contribution in [3.63, 3.8) is 0 Å². The van der Waals surface area contributed by atoms with E-state index in [2.05, 4.69) is 0 Å². The van der Waals surface area contributed by atoms with Crippen molar-refractivity contribution in [1.29, 1.82) is 0 Å². The molecule has 1 aromatic rings. The number of amides is 1. The summed E-state index contributed by atoms with van der Waals surface area (Å²) < 4.78 is 10.1. The van der Waals surface area contributed by atoms with E-state index in [1.54, 1.807) is 6.07 Å². The molecule has 13 heavy (non-hydrogen) atoms.